The van der Waals surface area contributed by atoms with E-state index in [9.17, 15) is 0 Å². The van der Waals surface area contributed by atoms with Crippen molar-refractivity contribution in [2.75, 3.05) is 5.73 Å². The van der Waals surface area contributed by atoms with Gasteiger partial charge in [-0.15, -0.1) is 0 Å². The van der Waals surface area contributed by atoms with Crippen LogP contribution >= 0.6 is 0 Å². The Morgan fingerprint density at radius 2 is 2.29 bits per heavy atom. The summed E-state index contributed by atoms with van der Waals surface area (Å²) < 4.78 is 9.01. The maximum atomic E-state index is 5.92. The van der Waals surface area contributed by atoms with Gasteiger partial charge in [-0.3, -0.25) is 9.25 Å². The number of rotatable bonds is 2. The van der Waals surface area contributed by atoms with E-state index in [0.717, 1.165) is 22.6 Å². The van der Waals surface area contributed by atoms with Crippen LogP contribution in [0.1, 0.15) is 11.5 Å². The first-order valence-electron chi connectivity index (χ1n) is 5.34. The smallest absolute Gasteiger partial charge is 0.202 e. The lowest BCUT2D eigenvalue weighted by Gasteiger charge is -2.04. The molecule has 0 aliphatic rings. The predicted molar refractivity (Wildman–Crippen MR) is 63.5 cm³/mol. The van der Waals surface area contributed by atoms with Gasteiger partial charge in [0.1, 0.15) is 11.3 Å². The highest BCUT2D eigenvalue weighted by Gasteiger charge is 2.16. The molecule has 3 aromatic rings. The van der Waals surface area contributed by atoms with Gasteiger partial charge in [0.05, 0.1) is 18.5 Å². The minimum atomic E-state index is 0.479. The Morgan fingerprint density at radius 1 is 1.47 bits per heavy atom. The Morgan fingerprint density at radius 3 is 3.00 bits per heavy atom. The average molecular weight is 231 g/mol. The summed E-state index contributed by atoms with van der Waals surface area (Å²) in [4.78, 5) is 4.33. The van der Waals surface area contributed by atoms with Crippen LogP contribution in [-0.4, -0.2) is 19.3 Å². The standard InChI is InChI=1S/C11H13N5O/c1-7-9-10(15(2)14-7)16(11(12)13-9)6-8-4-3-5-17-8/h3-5H,6H2,1-2H3,(H2,12,13). The van der Waals surface area contributed by atoms with E-state index in [4.69, 9.17) is 10.2 Å². The molecule has 3 aromatic heterocycles. The Hall–Kier alpha value is -2.24. The van der Waals surface area contributed by atoms with Crippen LogP contribution in [0.15, 0.2) is 22.8 Å². The fourth-order valence-corrected chi connectivity index (χ4v) is 2.07. The van der Waals surface area contributed by atoms with Crippen LogP contribution in [-0.2, 0) is 13.6 Å². The maximum Gasteiger partial charge on any atom is 0.202 e. The molecule has 17 heavy (non-hydrogen) atoms. The van der Waals surface area contributed by atoms with E-state index in [1.807, 2.05) is 30.7 Å². The summed E-state index contributed by atoms with van der Waals surface area (Å²) in [6, 6.07) is 3.77. The second-order valence-corrected chi connectivity index (χ2v) is 4.02. The van der Waals surface area contributed by atoms with Gasteiger partial charge in [0.15, 0.2) is 5.65 Å². The molecule has 6 heteroatoms. The number of nitrogens with zero attached hydrogens (tertiary/aromatic N) is 4. The van der Waals surface area contributed by atoms with Gasteiger partial charge in [-0.25, -0.2) is 4.98 Å². The fourth-order valence-electron chi connectivity index (χ4n) is 2.07. The third-order valence-corrected chi connectivity index (χ3v) is 2.81. The highest BCUT2D eigenvalue weighted by molar-refractivity contribution is 5.77. The number of hydrogen-bond donors (Lipinski definition) is 1. The molecule has 0 atom stereocenters. The lowest BCUT2D eigenvalue weighted by molar-refractivity contribution is 0.495. The van der Waals surface area contributed by atoms with Crippen molar-refractivity contribution in [3.63, 3.8) is 0 Å². The molecule has 0 aromatic carbocycles. The second kappa shape index (κ2) is 3.38. The van der Waals surface area contributed by atoms with E-state index in [0.29, 0.717) is 12.5 Å². The van der Waals surface area contributed by atoms with E-state index in [1.165, 1.54) is 0 Å². The van der Waals surface area contributed by atoms with Crippen molar-refractivity contribution in [3.8, 4) is 0 Å². The first-order valence-corrected chi connectivity index (χ1v) is 5.34. The monoisotopic (exact) mass is 231 g/mol. The summed E-state index contributed by atoms with van der Waals surface area (Å²) in [5.74, 6) is 1.32. The molecule has 0 fully saturated rings. The van der Waals surface area contributed by atoms with Gasteiger partial charge < -0.3 is 10.2 Å². The van der Waals surface area contributed by atoms with E-state index in [1.54, 1.807) is 10.9 Å². The predicted octanol–water partition coefficient (Wildman–Crippen LogP) is 1.30. The quantitative estimate of drug-likeness (QED) is 0.721. The zero-order valence-electron chi connectivity index (χ0n) is 9.71. The Bertz CT molecular complexity index is 662. The molecular weight excluding hydrogens is 218 g/mol. The fraction of sp³-hybridized carbons (Fsp3) is 0.273. The molecule has 0 saturated carbocycles. The van der Waals surface area contributed by atoms with Gasteiger partial charge in [-0.1, -0.05) is 0 Å². The average Bonchev–Trinajstić information content (AvgIpc) is 2.93. The van der Waals surface area contributed by atoms with Crippen LogP contribution in [0.3, 0.4) is 0 Å². The molecule has 3 heterocycles. The van der Waals surface area contributed by atoms with Gasteiger partial charge >= 0.3 is 0 Å². The summed E-state index contributed by atoms with van der Waals surface area (Å²) in [5.41, 5.74) is 8.56. The van der Waals surface area contributed by atoms with Crippen LogP contribution in [0, 0.1) is 6.92 Å². The minimum absolute atomic E-state index is 0.479. The lowest BCUT2D eigenvalue weighted by Crippen LogP contribution is -2.07. The normalized spacial score (nSPS) is 11.4. The SMILES string of the molecule is Cc1nn(C)c2c1nc(N)n2Cc1ccco1. The van der Waals surface area contributed by atoms with Crippen molar-refractivity contribution in [1.82, 2.24) is 19.3 Å². The Labute approximate surface area is 97.6 Å². The van der Waals surface area contributed by atoms with E-state index in [2.05, 4.69) is 10.1 Å². The third kappa shape index (κ3) is 1.41. The first kappa shape index (κ1) is 9.95. The van der Waals surface area contributed by atoms with Crippen molar-refractivity contribution >= 4 is 17.1 Å². The molecule has 0 aliphatic carbocycles. The van der Waals surface area contributed by atoms with Crippen molar-refractivity contribution in [3.05, 3.63) is 29.9 Å². The molecule has 0 bridgehead atoms. The summed E-state index contributed by atoms with van der Waals surface area (Å²) in [6.45, 7) is 2.49. The molecular formula is C11H13N5O. The topological polar surface area (TPSA) is 74.8 Å². The molecule has 2 N–H and O–H groups in total. The van der Waals surface area contributed by atoms with Crippen molar-refractivity contribution in [1.29, 1.82) is 0 Å². The van der Waals surface area contributed by atoms with Crippen molar-refractivity contribution in [2.24, 2.45) is 7.05 Å². The van der Waals surface area contributed by atoms with E-state index < -0.39 is 0 Å². The Kier molecular flexibility index (Phi) is 1.98. The zero-order chi connectivity index (χ0) is 12.0. The maximum absolute atomic E-state index is 5.92. The number of anilines is 1. The van der Waals surface area contributed by atoms with Crippen LogP contribution in [0.25, 0.3) is 11.2 Å². The number of aryl methyl sites for hydroxylation is 2. The van der Waals surface area contributed by atoms with Gasteiger partial charge in [0.25, 0.3) is 0 Å². The van der Waals surface area contributed by atoms with Gasteiger partial charge in [-0.05, 0) is 19.1 Å². The van der Waals surface area contributed by atoms with Crippen LogP contribution in [0.5, 0.6) is 0 Å². The highest BCUT2D eigenvalue weighted by atomic mass is 16.3. The number of hydrogen-bond acceptors (Lipinski definition) is 4. The molecule has 0 unspecified atom stereocenters. The molecule has 0 amide bonds. The van der Waals surface area contributed by atoms with Gasteiger partial charge in [-0.2, -0.15) is 5.10 Å². The van der Waals surface area contributed by atoms with Gasteiger partial charge in [0, 0.05) is 7.05 Å². The molecule has 88 valence electrons. The number of furan rings is 1. The number of imidazole rings is 1. The molecule has 6 nitrogen and oxygen atoms in total. The van der Waals surface area contributed by atoms with E-state index >= 15 is 0 Å². The van der Waals surface area contributed by atoms with Crippen LogP contribution in [0.4, 0.5) is 5.95 Å². The van der Waals surface area contributed by atoms with Gasteiger partial charge in [0.2, 0.25) is 5.95 Å². The number of nitrogens with two attached hydrogens (primary N) is 1. The Balaban J connectivity index is 2.18. The van der Waals surface area contributed by atoms with Crippen LogP contribution < -0.4 is 5.73 Å². The molecule has 0 radical (unpaired) electrons. The highest BCUT2D eigenvalue weighted by Crippen LogP contribution is 2.21. The molecule has 0 saturated heterocycles. The third-order valence-electron chi connectivity index (χ3n) is 2.81. The summed E-state index contributed by atoms with van der Waals surface area (Å²) in [7, 11) is 1.88. The number of aromatic nitrogens is 4. The zero-order valence-corrected chi connectivity index (χ0v) is 9.71. The number of fused-ring (bicyclic) bond motifs is 1. The van der Waals surface area contributed by atoms with Crippen molar-refractivity contribution < 1.29 is 4.42 Å². The molecule has 0 aliphatic heterocycles. The van der Waals surface area contributed by atoms with E-state index in [-0.39, 0.29) is 0 Å². The van der Waals surface area contributed by atoms with Crippen LogP contribution in [0.2, 0.25) is 0 Å². The summed E-state index contributed by atoms with van der Waals surface area (Å²) in [5, 5.41) is 4.33. The first-order chi connectivity index (χ1) is 8.16. The largest absolute Gasteiger partial charge is 0.467 e. The number of nitrogen functional groups attached to an aromatic ring is 1. The summed E-state index contributed by atoms with van der Waals surface area (Å²) >= 11 is 0. The van der Waals surface area contributed by atoms with Crippen molar-refractivity contribution in [2.45, 2.75) is 13.5 Å². The minimum Gasteiger partial charge on any atom is -0.467 e. The molecule has 3 rings (SSSR count). The summed E-state index contributed by atoms with van der Waals surface area (Å²) in [6.07, 6.45) is 1.65. The second-order valence-electron chi connectivity index (χ2n) is 4.02. The lowest BCUT2D eigenvalue weighted by atomic mass is 10.4. The molecule has 0 spiro atoms.